The Labute approximate surface area is 300 Å². The number of amides is 1. The van der Waals surface area contributed by atoms with Crippen LogP contribution >= 0.6 is 44.5 Å². The van der Waals surface area contributed by atoms with Gasteiger partial charge in [0, 0.05) is 52.6 Å². The Morgan fingerprint density at radius 1 is 1.04 bits per heavy atom. The molecule has 4 atom stereocenters. The summed E-state index contributed by atoms with van der Waals surface area (Å²) in [6.07, 6.45) is 11.8. The SMILES string of the molecule is CC.CC1C2CCC1(CS)COC2.Cc1cc(Br)c2c(c1)CCc1cc(Br)cnc1C2C1CCN(C(=O)CC2CCNCC2)CC1. The Hall–Kier alpha value is -0.930. The van der Waals surface area contributed by atoms with Crippen LogP contribution in [-0.4, -0.2) is 60.9 Å². The highest BCUT2D eigenvalue weighted by atomic mass is 79.9. The maximum Gasteiger partial charge on any atom is 0.222 e. The van der Waals surface area contributed by atoms with Gasteiger partial charge in [0.05, 0.1) is 12.3 Å². The lowest BCUT2D eigenvalue weighted by Gasteiger charge is -2.38. The summed E-state index contributed by atoms with van der Waals surface area (Å²) in [6.45, 7) is 14.3. The molecule has 4 fully saturated rings. The molecule has 2 aliphatic carbocycles. The van der Waals surface area contributed by atoms with Crippen LogP contribution in [0.25, 0.3) is 0 Å². The van der Waals surface area contributed by atoms with Gasteiger partial charge < -0.3 is 15.0 Å². The number of nitrogens with zero attached hydrogens (tertiary/aromatic N) is 2. The number of carbonyl (C=O) groups is 1. The fourth-order valence-corrected chi connectivity index (χ4v) is 10.5. The lowest BCUT2D eigenvalue weighted by Crippen LogP contribution is -2.41. The summed E-state index contributed by atoms with van der Waals surface area (Å²) in [5, 5.41) is 3.40. The molecule has 1 saturated carbocycles. The first-order valence-corrected chi connectivity index (χ1v) is 20.1. The Bertz CT molecular complexity index is 1320. The van der Waals surface area contributed by atoms with E-state index in [1.807, 2.05) is 20.0 Å². The fourth-order valence-electron chi connectivity index (χ4n) is 8.73. The first-order valence-electron chi connectivity index (χ1n) is 17.9. The molecular weight excluding hydrogens is 722 g/mol. The molecule has 1 N–H and O–H groups in total. The number of hydrogen-bond acceptors (Lipinski definition) is 5. The van der Waals surface area contributed by atoms with E-state index in [2.05, 4.69) is 86.8 Å². The molecular formula is C38H55Br2N3O2S. The summed E-state index contributed by atoms with van der Waals surface area (Å²) in [5.74, 6) is 4.37. The number of aromatic nitrogens is 1. The predicted molar refractivity (Wildman–Crippen MR) is 200 cm³/mol. The van der Waals surface area contributed by atoms with Crippen molar-refractivity contribution >= 4 is 50.4 Å². The summed E-state index contributed by atoms with van der Waals surface area (Å²) < 4.78 is 7.84. The summed E-state index contributed by atoms with van der Waals surface area (Å²) >= 11 is 12.0. The smallest absolute Gasteiger partial charge is 0.222 e. The van der Waals surface area contributed by atoms with Gasteiger partial charge in [-0.2, -0.15) is 12.6 Å². The van der Waals surface area contributed by atoms with Crippen molar-refractivity contribution in [3.8, 4) is 0 Å². The van der Waals surface area contributed by atoms with E-state index < -0.39 is 0 Å². The van der Waals surface area contributed by atoms with Crippen LogP contribution in [0.5, 0.6) is 0 Å². The summed E-state index contributed by atoms with van der Waals surface area (Å²) in [7, 11) is 0. The van der Waals surface area contributed by atoms with Crippen LogP contribution in [0.3, 0.4) is 0 Å². The number of hydrogen-bond donors (Lipinski definition) is 2. The van der Waals surface area contributed by atoms with Crippen LogP contribution in [0, 0.1) is 36.0 Å². The van der Waals surface area contributed by atoms with Crippen molar-refractivity contribution in [2.45, 2.75) is 91.4 Å². The lowest BCUT2D eigenvalue weighted by molar-refractivity contribution is -0.133. The van der Waals surface area contributed by atoms with Crippen molar-refractivity contribution in [3.63, 3.8) is 0 Å². The van der Waals surface area contributed by atoms with Crippen LogP contribution < -0.4 is 5.32 Å². The molecule has 5 aliphatic rings. The minimum atomic E-state index is 0.280. The van der Waals surface area contributed by atoms with Gasteiger partial charge in [0.1, 0.15) is 0 Å². The number of aryl methyl sites for hydroxylation is 3. The molecule has 0 spiro atoms. The monoisotopic (exact) mass is 775 g/mol. The molecule has 0 radical (unpaired) electrons. The predicted octanol–water partition coefficient (Wildman–Crippen LogP) is 8.78. The van der Waals surface area contributed by atoms with Crippen LogP contribution in [0.1, 0.15) is 99.6 Å². The number of piperidine rings is 2. The Kier molecular flexibility index (Phi) is 13.2. The van der Waals surface area contributed by atoms with Gasteiger partial charge in [-0.1, -0.05) is 42.8 Å². The molecule has 254 valence electrons. The molecule has 1 aromatic carbocycles. The maximum atomic E-state index is 13.0. The molecule has 2 aromatic rings. The standard InChI is InChI=1S/C27H33Br2N3O.C9H16OS.C2H6/c1-17-12-20-2-3-21-15-22(28)16-31-27(21)26(25(20)23(29)13-17)19-6-10-32(11-7-19)24(33)14-18-4-8-30-9-5-18;1-7-8-2-3-9(7,6-11)5-10-4-8;1-2/h12-13,15-16,18-19,26,30H,2-11,14H2,1H3;7-8,11H,2-6H2,1H3;1-2H3. The van der Waals surface area contributed by atoms with Crippen molar-refractivity contribution in [2.24, 2.45) is 29.1 Å². The van der Waals surface area contributed by atoms with E-state index in [0.29, 0.717) is 23.2 Å². The van der Waals surface area contributed by atoms with Crippen molar-refractivity contribution < 1.29 is 9.53 Å². The topological polar surface area (TPSA) is 54.5 Å². The average molecular weight is 778 g/mol. The van der Waals surface area contributed by atoms with Crippen molar-refractivity contribution in [3.05, 3.63) is 61.3 Å². The molecule has 2 bridgehead atoms. The number of rotatable bonds is 4. The summed E-state index contributed by atoms with van der Waals surface area (Å²) in [4.78, 5) is 20.1. The molecule has 46 heavy (non-hydrogen) atoms. The quantitative estimate of drug-likeness (QED) is 0.305. The van der Waals surface area contributed by atoms with Gasteiger partial charge in [-0.15, -0.1) is 0 Å². The first kappa shape index (κ1) is 36.4. The second-order valence-electron chi connectivity index (χ2n) is 14.2. The van der Waals surface area contributed by atoms with E-state index in [1.165, 1.54) is 45.3 Å². The number of thiol groups is 1. The molecule has 4 unspecified atom stereocenters. The minimum Gasteiger partial charge on any atom is -0.381 e. The van der Waals surface area contributed by atoms with E-state index in [0.717, 1.165) is 106 Å². The number of likely N-dealkylation sites (tertiary alicyclic amines) is 1. The number of pyridine rings is 1. The van der Waals surface area contributed by atoms with E-state index in [4.69, 9.17) is 9.72 Å². The number of halogens is 2. The Morgan fingerprint density at radius 3 is 2.46 bits per heavy atom. The van der Waals surface area contributed by atoms with Gasteiger partial charge >= 0.3 is 0 Å². The van der Waals surface area contributed by atoms with Crippen LogP contribution in [-0.2, 0) is 22.4 Å². The second kappa shape index (κ2) is 16.7. The third kappa shape index (κ3) is 8.09. The zero-order valence-corrected chi connectivity index (χ0v) is 32.5. The highest BCUT2D eigenvalue weighted by molar-refractivity contribution is 9.10. The number of fused-ring (bicyclic) bond motifs is 4. The number of nitrogens with one attached hydrogen (secondary N) is 1. The Morgan fingerprint density at radius 2 is 1.76 bits per heavy atom. The number of carbonyl (C=O) groups excluding carboxylic acids is 1. The normalized spacial score (nSPS) is 27.7. The second-order valence-corrected chi connectivity index (χ2v) is 16.3. The molecule has 5 nitrogen and oxygen atoms in total. The van der Waals surface area contributed by atoms with Crippen molar-refractivity contribution in [1.82, 2.24) is 15.2 Å². The third-order valence-electron chi connectivity index (χ3n) is 11.6. The zero-order valence-electron chi connectivity index (χ0n) is 28.4. The molecule has 1 amide bonds. The van der Waals surface area contributed by atoms with Gasteiger partial charge in [0.25, 0.3) is 0 Å². The largest absolute Gasteiger partial charge is 0.381 e. The van der Waals surface area contributed by atoms with E-state index in [-0.39, 0.29) is 5.92 Å². The van der Waals surface area contributed by atoms with Gasteiger partial charge in [0.2, 0.25) is 5.91 Å². The molecule has 8 heteroatoms. The van der Waals surface area contributed by atoms with Gasteiger partial charge in [-0.05, 0) is 151 Å². The van der Waals surface area contributed by atoms with Crippen molar-refractivity contribution in [1.29, 1.82) is 0 Å². The molecule has 3 saturated heterocycles. The molecule has 7 rings (SSSR count). The first-order chi connectivity index (χ1) is 22.3. The van der Waals surface area contributed by atoms with Gasteiger partial charge in [-0.3, -0.25) is 9.78 Å². The maximum absolute atomic E-state index is 13.0. The number of benzene rings is 1. The highest BCUT2D eigenvalue weighted by Gasteiger charge is 2.48. The molecule has 4 heterocycles. The molecule has 3 aliphatic heterocycles. The van der Waals surface area contributed by atoms with Crippen LogP contribution in [0.2, 0.25) is 0 Å². The van der Waals surface area contributed by atoms with E-state index in [1.54, 1.807) is 0 Å². The molecule has 1 aromatic heterocycles. The van der Waals surface area contributed by atoms with E-state index in [9.17, 15) is 4.79 Å². The Balaban J connectivity index is 0.000000268. The van der Waals surface area contributed by atoms with Crippen molar-refractivity contribution in [2.75, 3.05) is 45.1 Å². The zero-order chi connectivity index (χ0) is 32.8. The summed E-state index contributed by atoms with van der Waals surface area (Å²) in [5.41, 5.74) is 7.21. The van der Waals surface area contributed by atoms with Gasteiger partial charge in [-0.25, -0.2) is 0 Å². The van der Waals surface area contributed by atoms with Crippen LogP contribution in [0.15, 0.2) is 33.3 Å². The highest BCUT2D eigenvalue weighted by Crippen LogP contribution is 2.50. The van der Waals surface area contributed by atoms with E-state index >= 15 is 0 Å². The average Bonchev–Trinajstić information content (AvgIpc) is 3.21. The third-order valence-corrected chi connectivity index (χ3v) is 13.3. The summed E-state index contributed by atoms with van der Waals surface area (Å²) in [6, 6.07) is 6.89. The number of ether oxygens (including phenoxy) is 1. The van der Waals surface area contributed by atoms with Gasteiger partial charge in [0.15, 0.2) is 0 Å². The lowest BCUT2D eigenvalue weighted by atomic mass is 9.76. The minimum absolute atomic E-state index is 0.280. The fraction of sp³-hybridized carbons (Fsp3) is 0.684. The van der Waals surface area contributed by atoms with Crippen LogP contribution in [0.4, 0.5) is 0 Å².